The minimum absolute atomic E-state index is 0.557. The van der Waals surface area contributed by atoms with Gasteiger partial charge in [-0.1, -0.05) is 0 Å². The lowest BCUT2D eigenvalue weighted by Crippen LogP contribution is -2.39. The summed E-state index contributed by atoms with van der Waals surface area (Å²) in [5, 5.41) is 6.48. The van der Waals surface area contributed by atoms with Crippen LogP contribution < -0.4 is 16.4 Å². The van der Waals surface area contributed by atoms with Crippen LogP contribution in [-0.2, 0) is 9.47 Å². The molecule has 0 unspecified atom stereocenters. The third kappa shape index (κ3) is 5.28. The van der Waals surface area contributed by atoms with E-state index in [0.717, 1.165) is 52.4 Å². The molecule has 1 aromatic heterocycles. The van der Waals surface area contributed by atoms with Crippen molar-refractivity contribution in [2.24, 2.45) is 0 Å². The van der Waals surface area contributed by atoms with Gasteiger partial charge in [-0.05, 0) is 6.42 Å². The highest BCUT2D eigenvalue weighted by Crippen LogP contribution is 2.21. The molecule has 0 aliphatic carbocycles. The van der Waals surface area contributed by atoms with Crippen LogP contribution in [0.5, 0.6) is 0 Å². The van der Waals surface area contributed by atoms with E-state index in [-0.39, 0.29) is 0 Å². The lowest BCUT2D eigenvalue weighted by atomic mass is 10.3. The number of methoxy groups -OCH3 is 1. The van der Waals surface area contributed by atoms with Gasteiger partial charge in [-0.25, -0.2) is 9.97 Å². The zero-order chi connectivity index (χ0) is 15.6. The summed E-state index contributed by atoms with van der Waals surface area (Å²) in [5.74, 6) is 1.34. The molecular weight excluding hydrogens is 284 g/mol. The van der Waals surface area contributed by atoms with Crippen molar-refractivity contribution >= 4 is 17.3 Å². The predicted octanol–water partition coefficient (Wildman–Crippen LogP) is 0.251. The molecule has 4 N–H and O–H groups in total. The van der Waals surface area contributed by atoms with E-state index in [4.69, 9.17) is 15.2 Å². The van der Waals surface area contributed by atoms with Gasteiger partial charge in [0.25, 0.3) is 0 Å². The van der Waals surface area contributed by atoms with Crippen molar-refractivity contribution in [2.45, 2.75) is 6.42 Å². The molecule has 1 fully saturated rings. The molecule has 0 bridgehead atoms. The zero-order valence-corrected chi connectivity index (χ0v) is 13.2. The summed E-state index contributed by atoms with van der Waals surface area (Å²) in [6.45, 7) is 6.80. The first-order chi connectivity index (χ1) is 10.8. The molecule has 0 spiro atoms. The number of nitrogens with one attached hydrogen (secondary N) is 2. The molecule has 8 nitrogen and oxygen atoms in total. The van der Waals surface area contributed by atoms with Crippen molar-refractivity contribution in [3.05, 3.63) is 6.33 Å². The third-order valence-electron chi connectivity index (χ3n) is 3.53. The Hall–Kier alpha value is -1.64. The van der Waals surface area contributed by atoms with Gasteiger partial charge in [0.1, 0.15) is 12.0 Å². The van der Waals surface area contributed by atoms with Gasteiger partial charge < -0.3 is 25.8 Å². The fraction of sp³-hybridized carbons (Fsp3) is 0.714. The Bertz CT molecular complexity index is 439. The average Bonchev–Trinajstić information content (AvgIpc) is 2.55. The van der Waals surface area contributed by atoms with E-state index in [1.165, 1.54) is 6.33 Å². The number of nitrogen functional groups attached to an aromatic ring is 1. The quantitative estimate of drug-likeness (QED) is 0.559. The van der Waals surface area contributed by atoms with Gasteiger partial charge in [0.05, 0.1) is 13.2 Å². The van der Waals surface area contributed by atoms with Gasteiger partial charge in [-0.2, -0.15) is 0 Å². The summed E-state index contributed by atoms with van der Waals surface area (Å²) >= 11 is 0. The highest BCUT2D eigenvalue weighted by Gasteiger charge is 2.11. The maximum Gasteiger partial charge on any atom is 0.154 e. The summed E-state index contributed by atoms with van der Waals surface area (Å²) in [4.78, 5) is 10.7. The van der Waals surface area contributed by atoms with Gasteiger partial charge in [-0.3, -0.25) is 4.90 Å². The fourth-order valence-electron chi connectivity index (χ4n) is 2.26. The number of nitrogens with two attached hydrogens (primary N) is 1. The molecule has 22 heavy (non-hydrogen) atoms. The summed E-state index contributed by atoms with van der Waals surface area (Å²) in [7, 11) is 1.69. The van der Waals surface area contributed by atoms with Crippen LogP contribution in [0.1, 0.15) is 6.42 Å². The molecule has 0 saturated carbocycles. The van der Waals surface area contributed by atoms with E-state index in [1.807, 2.05) is 0 Å². The van der Waals surface area contributed by atoms with Crippen molar-refractivity contribution in [1.82, 2.24) is 14.9 Å². The van der Waals surface area contributed by atoms with E-state index in [9.17, 15) is 0 Å². The first kappa shape index (κ1) is 16.7. The van der Waals surface area contributed by atoms with Crippen LogP contribution in [0, 0.1) is 0 Å². The lowest BCUT2D eigenvalue weighted by Gasteiger charge is -2.26. The Labute approximate surface area is 131 Å². The van der Waals surface area contributed by atoms with E-state index < -0.39 is 0 Å². The highest BCUT2D eigenvalue weighted by atomic mass is 16.5. The second-order valence-corrected chi connectivity index (χ2v) is 5.14. The van der Waals surface area contributed by atoms with Crippen molar-refractivity contribution in [3.63, 3.8) is 0 Å². The van der Waals surface area contributed by atoms with Gasteiger partial charge in [-0.15, -0.1) is 0 Å². The third-order valence-corrected chi connectivity index (χ3v) is 3.53. The molecule has 0 amide bonds. The summed E-state index contributed by atoms with van der Waals surface area (Å²) < 4.78 is 10.3. The molecule has 0 aromatic carbocycles. The minimum atomic E-state index is 0.557. The SMILES string of the molecule is COCCCNc1ncnc(NCCN2CCOCC2)c1N. The van der Waals surface area contributed by atoms with Crippen LogP contribution >= 0.6 is 0 Å². The molecule has 2 heterocycles. The summed E-state index contributed by atoms with van der Waals surface area (Å²) in [6.07, 6.45) is 2.42. The Kier molecular flexibility index (Phi) is 7.14. The predicted molar refractivity (Wildman–Crippen MR) is 87.2 cm³/mol. The molecule has 0 radical (unpaired) electrons. The first-order valence-electron chi connectivity index (χ1n) is 7.68. The number of anilines is 3. The van der Waals surface area contributed by atoms with Crippen LogP contribution in [0.15, 0.2) is 6.33 Å². The topological polar surface area (TPSA) is 97.6 Å². The summed E-state index contributed by atoms with van der Waals surface area (Å²) in [5.41, 5.74) is 6.66. The molecule has 1 aromatic rings. The monoisotopic (exact) mass is 310 g/mol. The Morgan fingerprint density at radius 2 is 1.91 bits per heavy atom. The number of morpholine rings is 1. The standard InChI is InChI=1S/C14H26N6O2/c1-21-8-2-3-16-13-12(15)14(19-11-18-13)17-4-5-20-6-9-22-10-7-20/h11H,2-10,15H2,1H3,(H2,16,17,18,19). The number of rotatable bonds is 9. The van der Waals surface area contributed by atoms with E-state index in [0.29, 0.717) is 23.9 Å². The van der Waals surface area contributed by atoms with Crippen LogP contribution in [0.25, 0.3) is 0 Å². The maximum absolute atomic E-state index is 6.10. The van der Waals surface area contributed by atoms with Crippen molar-refractivity contribution in [2.75, 3.05) is 76.0 Å². The molecule has 8 heteroatoms. The lowest BCUT2D eigenvalue weighted by molar-refractivity contribution is 0.0398. The highest BCUT2D eigenvalue weighted by molar-refractivity contribution is 5.73. The molecule has 2 rings (SSSR count). The number of aromatic nitrogens is 2. The smallest absolute Gasteiger partial charge is 0.154 e. The Balaban J connectivity index is 1.77. The number of ether oxygens (including phenoxy) is 2. The number of nitrogens with zero attached hydrogens (tertiary/aromatic N) is 3. The molecule has 0 atom stereocenters. The zero-order valence-electron chi connectivity index (χ0n) is 13.2. The molecule has 1 saturated heterocycles. The van der Waals surface area contributed by atoms with Gasteiger partial charge >= 0.3 is 0 Å². The fourth-order valence-corrected chi connectivity index (χ4v) is 2.26. The van der Waals surface area contributed by atoms with Gasteiger partial charge in [0, 0.05) is 46.4 Å². The second kappa shape index (κ2) is 9.39. The van der Waals surface area contributed by atoms with Crippen LogP contribution in [0.2, 0.25) is 0 Å². The van der Waals surface area contributed by atoms with Crippen molar-refractivity contribution < 1.29 is 9.47 Å². The number of hydrogen-bond acceptors (Lipinski definition) is 8. The van der Waals surface area contributed by atoms with Crippen LogP contribution in [0.3, 0.4) is 0 Å². The molecular formula is C14H26N6O2. The van der Waals surface area contributed by atoms with E-state index >= 15 is 0 Å². The molecule has 1 aliphatic rings. The molecule has 124 valence electrons. The Morgan fingerprint density at radius 3 is 2.59 bits per heavy atom. The minimum Gasteiger partial charge on any atom is -0.393 e. The van der Waals surface area contributed by atoms with Crippen molar-refractivity contribution in [3.8, 4) is 0 Å². The average molecular weight is 310 g/mol. The van der Waals surface area contributed by atoms with E-state index in [2.05, 4.69) is 25.5 Å². The molecule has 1 aliphatic heterocycles. The van der Waals surface area contributed by atoms with Gasteiger partial charge in [0.15, 0.2) is 11.6 Å². The normalized spacial score (nSPS) is 15.7. The second-order valence-electron chi connectivity index (χ2n) is 5.14. The first-order valence-corrected chi connectivity index (χ1v) is 7.68. The van der Waals surface area contributed by atoms with Crippen molar-refractivity contribution in [1.29, 1.82) is 0 Å². The largest absolute Gasteiger partial charge is 0.393 e. The van der Waals surface area contributed by atoms with Crippen LogP contribution in [-0.4, -0.2) is 74.5 Å². The Morgan fingerprint density at radius 1 is 1.23 bits per heavy atom. The maximum atomic E-state index is 6.10. The number of hydrogen-bond donors (Lipinski definition) is 3. The summed E-state index contributed by atoms with van der Waals surface area (Å²) in [6, 6.07) is 0. The van der Waals surface area contributed by atoms with Gasteiger partial charge in [0.2, 0.25) is 0 Å². The van der Waals surface area contributed by atoms with E-state index in [1.54, 1.807) is 7.11 Å². The van der Waals surface area contributed by atoms with Crippen LogP contribution in [0.4, 0.5) is 17.3 Å².